The van der Waals surface area contributed by atoms with Crippen LogP contribution in [-0.2, 0) is 6.18 Å². The summed E-state index contributed by atoms with van der Waals surface area (Å²) in [6.45, 7) is 4.23. The summed E-state index contributed by atoms with van der Waals surface area (Å²) in [5.41, 5.74) is 0. The van der Waals surface area contributed by atoms with Gasteiger partial charge in [-0.3, -0.25) is 0 Å². The minimum Gasteiger partial charge on any atom is -0.359 e. The highest BCUT2D eigenvalue weighted by molar-refractivity contribution is 7.09. The molecule has 0 aliphatic heterocycles. The molecule has 0 spiro atoms. The summed E-state index contributed by atoms with van der Waals surface area (Å²) in [6.07, 6.45) is -4.49. The number of rotatable bonds is 4. The highest BCUT2D eigenvalue weighted by atomic mass is 35.5. The molecule has 1 unspecified atom stereocenters. The first-order valence-electron chi connectivity index (χ1n) is 4.59. The van der Waals surface area contributed by atoms with Gasteiger partial charge in [-0.15, -0.1) is 11.6 Å². The molecule has 0 bridgehead atoms. The molecule has 1 aromatic rings. The van der Waals surface area contributed by atoms with Crippen LogP contribution in [0.2, 0.25) is 0 Å². The molecule has 8 heteroatoms. The molecule has 0 saturated heterocycles. The van der Waals surface area contributed by atoms with Gasteiger partial charge in [0.1, 0.15) is 0 Å². The number of nitrogens with one attached hydrogen (secondary N) is 1. The third kappa shape index (κ3) is 3.79. The van der Waals surface area contributed by atoms with Crippen molar-refractivity contribution in [2.75, 3.05) is 11.9 Å². The molecule has 1 N–H and O–H groups in total. The summed E-state index contributed by atoms with van der Waals surface area (Å²) >= 11 is 6.61. The Morgan fingerprint density at radius 1 is 1.44 bits per heavy atom. The van der Waals surface area contributed by atoms with Gasteiger partial charge in [-0.2, -0.15) is 22.5 Å². The normalized spacial score (nSPS) is 14.2. The SMILES string of the molecule is CC(C)C(Cl)CNc1nc(C(F)(F)F)ns1. The van der Waals surface area contributed by atoms with E-state index in [1.807, 2.05) is 13.8 Å². The summed E-state index contributed by atoms with van der Waals surface area (Å²) in [4.78, 5) is 3.33. The second-order valence-electron chi connectivity index (χ2n) is 3.56. The molecule has 0 radical (unpaired) electrons. The van der Waals surface area contributed by atoms with E-state index in [-0.39, 0.29) is 16.4 Å². The van der Waals surface area contributed by atoms with E-state index in [1.54, 1.807) is 0 Å². The quantitative estimate of drug-likeness (QED) is 0.856. The van der Waals surface area contributed by atoms with E-state index in [0.29, 0.717) is 18.1 Å². The van der Waals surface area contributed by atoms with E-state index < -0.39 is 12.0 Å². The van der Waals surface area contributed by atoms with Crippen molar-refractivity contribution in [1.82, 2.24) is 9.36 Å². The molecule has 0 aromatic carbocycles. The molecule has 1 heterocycles. The van der Waals surface area contributed by atoms with Gasteiger partial charge in [0.25, 0.3) is 0 Å². The minimum absolute atomic E-state index is 0.138. The van der Waals surface area contributed by atoms with Crippen LogP contribution in [0.5, 0.6) is 0 Å². The number of anilines is 1. The molecule has 1 atom stereocenters. The first kappa shape index (κ1) is 13.5. The van der Waals surface area contributed by atoms with Gasteiger partial charge < -0.3 is 5.32 Å². The fraction of sp³-hybridized carbons (Fsp3) is 0.750. The standard InChI is InChI=1S/C8H11ClF3N3S/c1-4(2)5(9)3-13-7-14-6(15-16-7)8(10,11)12/h4-5H,3H2,1-2H3,(H,13,14,15). The Balaban J connectivity index is 2.53. The highest BCUT2D eigenvalue weighted by Crippen LogP contribution is 2.29. The smallest absolute Gasteiger partial charge is 0.359 e. The number of alkyl halides is 4. The molecular weight excluding hydrogens is 263 g/mol. The fourth-order valence-corrected chi connectivity index (χ4v) is 1.50. The van der Waals surface area contributed by atoms with Gasteiger partial charge in [0.15, 0.2) is 0 Å². The van der Waals surface area contributed by atoms with Gasteiger partial charge in [0.05, 0.1) is 5.38 Å². The van der Waals surface area contributed by atoms with Crippen LogP contribution < -0.4 is 5.32 Å². The number of nitrogens with zero attached hydrogens (tertiary/aromatic N) is 2. The summed E-state index contributed by atoms with van der Waals surface area (Å²) in [7, 11) is 0. The summed E-state index contributed by atoms with van der Waals surface area (Å²) < 4.78 is 39.7. The van der Waals surface area contributed by atoms with Gasteiger partial charge in [-0.25, -0.2) is 0 Å². The van der Waals surface area contributed by atoms with Crippen molar-refractivity contribution < 1.29 is 13.2 Å². The van der Waals surface area contributed by atoms with Crippen LogP contribution in [0.25, 0.3) is 0 Å². The van der Waals surface area contributed by atoms with Crippen LogP contribution in [0, 0.1) is 5.92 Å². The van der Waals surface area contributed by atoms with E-state index in [1.165, 1.54) is 0 Å². The van der Waals surface area contributed by atoms with Gasteiger partial charge in [0.2, 0.25) is 11.0 Å². The predicted octanol–water partition coefficient (Wildman–Crippen LogP) is 3.23. The molecule has 0 saturated carbocycles. The summed E-state index contributed by atoms with van der Waals surface area (Å²) in [5.74, 6) is -0.875. The monoisotopic (exact) mass is 273 g/mol. The van der Waals surface area contributed by atoms with Crippen LogP contribution in [-0.4, -0.2) is 21.3 Å². The maximum atomic E-state index is 12.2. The van der Waals surface area contributed by atoms with E-state index in [9.17, 15) is 13.2 Å². The van der Waals surface area contributed by atoms with E-state index >= 15 is 0 Å². The first-order valence-corrected chi connectivity index (χ1v) is 5.80. The summed E-state index contributed by atoms with van der Waals surface area (Å²) in [6, 6.07) is 0. The Hall–Kier alpha value is -0.560. The van der Waals surface area contributed by atoms with Crippen LogP contribution in [0.1, 0.15) is 19.7 Å². The lowest BCUT2D eigenvalue weighted by molar-refractivity contribution is -0.144. The van der Waals surface area contributed by atoms with Crippen LogP contribution >= 0.6 is 23.1 Å². The number of hydrogen-bond donors (Lipinski definition) is 1. The zero-order chi connectivity index (χ0) is 12.3. The lowest BCUT2D eigenvalue weighted by Crippen LogP contribution is -2.19. The Labute approximate surface area is 100 Å². The molecule has 0 aliphatic rings. The molecule has 0 aliphatic carbocycles. The van der Waals surface area contributed by atoms with Crippen molar-refractivity contribution >= 4 is 28.3 Å². The highest BCUT2D eigenvalue weighted by Gasteiger charge is 2.36. The van der Waals surface area contributed by atoms with Crippen molar-refractivity contribution in [1.29, 1.82) is 0 Å². The maximum absolute atomic E-state index is 12.2. The maximum Gasteiger partial charge on any atom is 0.452 e. The minimum atomic E-state index is -4.49. The molecule has 16 heavy (non-hydrogen) atoms. The Kier molecular flexibility index (Phi) is 4.37. The van der Waals surface area contributed by atoms with Gasteiger partial charge in [0, 0.05) is 18.1 Å². The summed E-state index contributed by atoms with van der Waals surface area (Å²) in [5, 5.41) is 2.71. The zero-order valence-corrected chi connectivity index (χ0v) is 10.2. The van der Waals surface area contributed by atoms with Crippen molar-refractivity contribution in [3.63, 3.8) is 0 Å². The van der Waals surface area contributed by atoms with Crippen molar-refractivity contribution in [3.8, 4) is 0 Å². The van der Waals surface area contributed by atoms with E-state index in [0.717, 1.165) is 0 Å². The number of hydrogen-bond acceptors (Lipinski definition) is 4. The molecule has 3 nitrogen and oxygen atoms in total. The second kappa shape index (κ2) is 5.18. The molecule has 1 rings (SSSR count). The molecule has 0 fully saturated rings. The first-order chi connectivity index (χ1) is 7.30. The Bertz CT molecular complexity index is 340. The van der Waals surface area contributed by atoms with E-state index in [2.05, 4.69) is 14.7 Å². The molecule has 92 valence electrons. The van der Waals surface area contributed by atoms with Crippen molar-refractivity contribution in [2.24, 2.45) is 5.92 Å². The van der Waals surface area contributed by atoms with Crippen molar-refractivity contribution in [3.05, 3.63) is 5.82 Å². The lowest BCUT2D eigenvalue weighted by atomic mass is 10.1. The topological polar surface area (TPSA) is 37.8 Å². The Morgan fingerprint density at radius 2 is 2.06 bits per heavy atom. The zero-order valence-electron chi connectivity index (χ0n) is 8.68. The molecule has 1 aromatic heterocycles. The Morgan fingerprint density at radius 3 is 2.50 bits per heavy atom. The third-order valence-electron chi connectivity index (χ3n) is 1.85. The fourth-order valence-electron chi connectivity index (χ4n) is 0.831. The molecule has 0 amide bonds. The largest absolute Gasteiger partial charge is 0.452 e. The molecular formula is C8H11ClF3N3S. The van der Waals surface area contributed by atoms with Gasteiger partial charge in [-0.1, -0.05) is 13.8 Å². The average Bonchev–Trinajstić information content (AvgIpc) is 2.61. The van der Waals surface area contributed by atoms with E-state index in [4.69, 9.17) is 11.6 Å². The van der Waals surface area contributed by atoms with Crippen LogP contribution in [0.4, 0.5) is 18.3 Å². The van der Waals surface area contributed by atoms with Gasteiger partial charge >= 0.3 is 6.18 Å². The number of halogens is 4. The van der Waals surface area contributed by atoms with Crippen LogP contribution in [0.3, 0.4) is 0 Å². The predicted molar refractivity (Wildman–Crippen MR) is 57.9 cm³/mol. The second-order valence-corrected chi connectivity index (χ2v) is 4.87. The van der Waals surface area contributed by atoms with Crippen LogP contribution in [0.15, 0.2) is 0 Å². The van der Waals surface area contributed by atoms with Crippen molar-refractivity contribution in [2.45, 2.75) is 25.4 Å². The number of aromatic nitrogens is 2. The third-order valence-corrected chi connectivity index (χ3v) is 3.18. The average molecular weight is 274 g/mol. The lowest BCUT2D eigenvalue weighted by Gasteiger charge is -2.12. The van der Waals surface area contributed by atoms with Gasteiger partial charge in [-0.05, 0) is 5.92 Å².